The van der Waals surface area contributed by atoms with Crippen molar-refractivity contribution >= 4 is 17.5 Å². The molecule has 0 saturated carbocycles. The third-order valence-electron chi connectivity index (χ3n) is 2.59. The first-order valence-corrected chi connectivity index (χ1v) is 6.15. The van der Waals surface area contributed by atoms with E-state index in [2.05, 4.69) is 0 Å². The molecule has 4 heteroatoms. The van der Waals surface area contributed by atoms with Crippen molar-refractivity contribution in [3.05, 3.63) is 34.9 Å². The fraction of sp³-hybridized carbons (Fsp3) is 0.462. The van der Waals surface area contributed by atoms with Crippen LogP contribution in [0.2, 0.25) is 5.02 Å². The molecular formula is C13H18ClNO2. The minimum atomic E-state index is 0.00525. The summed E-state index contributed by atoms with van der Waals surface area (Å²) in [6.07, 6.45) is 2.65. The Morgan fingerprint density at radius 2 is 1.88 bits per heavy atom. The van der Waals surface area contributed by atoms with Gasteiger partial charge in [-0.05, 0) is 43.5 Å². The van der Waals surface area contributed by atoms with Crippen LogP contribution in [-0.4, -0.2) is 36.1 Å². The van der Waals surface area contributed by atoms with Crippen LogP contribution in [0.15, 0.2) is 24.3 Å². The van der Waals surface area contributed by atoms with Crippen LogP contribution >= 0.6 is 11.6 Å². The Balaban J connectivity index is 2.43. The molecule has 94 valence electrons. The summed E-state index contributed by atoms with van der Waals surface area (Å²) in [6.45, 7) is 0.927. The van der Waals surface area contributed by atoms with Crippen LogP contribution < -0.4 is 0 Å². The normalized spacial score (nSPS) is 10.3. The Hall–Kier alpha value is -1.06. The number of hydrogen-bond donors (Lipinski definition) is 1. The molecule has 0 saturated heterocycles. The number of benzene rings is 1. The lowest BCUT2D eigenvalue weighted by molar-refractivity contribution is 0.0792. The maximum atomic E-state index is 12.0. The van der Waals surface area contributed by atoms with Gasteiger partial charge in [-0.15, -0.1) is 0 Å². The molecule has 0 aromatic heterocycles. The molecule has 0 aliphatic rings. The molecule has 0 unspecified atom stereocenters. The molecule has 0 aliphatic carbocycles. The third kappa shape index (κ3) is 4.75. The van der Waals surface area contributed by atoms with Gasteiger partial charge in [-0.25, -0.2) is 0 Å². The van der Waals surface area contributed by atoms with Gasteiger partial charge in [-0.3, -0.25) is 4.79 Å². The molecule has 0 radical (unpaired) electrons. The van der Waals surface area contributed by atoms with Gasteiger partial charge in [-0.2, -0.15) is 0 Å². The standard InChI is InChI=1S/C13H18ClNO2/c1-15(9-3-2-4-10-16)13(17)11-5-7-12(14)8-6-11/h5-8,16H,2-4,9-10H2,1H3. The summed E-state index contributed by atoms with van der Waals surface area (Å²) >= 11 is 5.77. The molecule has 0 aliphatic heterocycles. The van der Waals surface area contributed by atoms with E-state index in [0.29, 0.717) is 17.1 Å². The molecule has 3 nitrogen and oxygen atoms in total. The van der Waals surface area contributed by atoms with Gasteiger partial charge >= 0.3 is 0 Å². The molecule has 1 rings (SSSR count). The Labute approximate surface area is 107 Å². The zero-order valence-electron chi connectivity index (χ0n) is 10.0. The molecule has 1 amide bonds. The molecule has 1 aromatic rings. The molecule has 17 heavy (non-hydrogen) atoms. The fourth-order valence-corrected chi connectivity index (χ4v) is 1.68. The van der Waals surface area contributed by atoms with E-state index in [9.17, 15) is 4.79 Å². The van der Waals surface area contributed by atoms with E-state index >= 15 is 0 Å². The number of rotatable bonds is 6. The first-order valence-electron chi connectivity index (χ1n) is 5.77. The Kier molecular flexibility index (Phi) is 6.01. The van der Waals surface area contributed by atoms with E-state index in [-0.39, 0.29) is 12.5 Å². The van der Waals surface area contributed by atoms with E-state index in [1.54, 1.807) is 36.2 Å². The zero-order chi connectivity index (χ0) is 12.7. The number of halogens is 1. The summed E-state index contributed by atoms with van der Waals surface area (Å²) in [4.78, 5) is 13.6. The Morgan fingerprint density at radius 1 is 1.24 bits per heavy atom. The number of hydrogen-bond acceptors (Lipinski definition) is 2. The molecular weight excluding hydrogens is 238 g/mol. The summed E-state index contributed by atoms with van der Waals surface area (Å²) < 4.78 is 0. The van der Waals surface area contributed by atoms with Gasteiger partial charge in [0.05, 0.1) is 0 Å². The molecule has 0 fully saturated rings. The largest absolute Gasteiger partial charge is 0.396 e. The van der Waals surface area contributed by atoms with E-state index < -0.39 is 0 Å². The molecule has 0 atom stereocenters. The summed E-state index contributed by atoms with van der Waals surface area (Å²) in [5.74, 6) is 0.00525. The minimum Gasteiger partial charge on any atom is -0.396 e. The quantitative estimate of drug-likeness (QED) is 0.794. The van der Waals surface area contributed by atoms with Crippen LogP contribution in [0.5, 0.6) is 0 Å². The number of carbonyl (C=O) groups is 1. The summed E-state index contributed by atoms with van der Waals surface area (Å²) in [7, 11) is 1.79. The van der Waals surface area contributed by atoms with Gasteiger partial charge in [0.2, 0.25) is 0 Å². The highest BCUT2D eigenvalue weighted by Crippen LogP contribution is 2.11. The van der Waals surface area contributed by atoms with Crippen LogP contribution in [0.3, 0.4) is 0 Å². The van der Waals surface area contributed by atoms with E-state index in [0.717, 1.165) is 19.3 Å². The topological polar surface area (TPSA) is 40.5 Å². The lowest BCUT2D eigenvalue weighted by atomic mass is 10.2. The minimum absolute atomic E-state index is 0.00525. The Morgan fingerprint density at radius 3 is 2.47 bits per heavy atom. The maximum Gasteiger partial charge on any atom is 0.253 e. The van der Waals surface area contributed by atoms with Gasteiger partial charge in [0.1, 0.15) is 0 Å². The molecule has 0 bridgehead atoms. The number of unbranched alkanes of at least 4 members (excludes halogenated alkanes) is 2. The van der Waals surface area contributed by atoms with E-state index in [4.69, 9.17) is 16.7 Å². The predicted molar refractivity (Wildman–Crippen MR) is 69.3 cm³/mol. The fourth-order valence-electron chi connectivity index (χ4n) is 1.55. The zero-order valence-corrected chi connectivity index (χ0v) is 10.8. The van der Waals surface area contributed by atoms with Gasteiger partial charge in [0.25, 0.3) is 5.91 Å². The van der Waals surface area contributed by atoms with Gasteiger partial charge in [-0.1, -0.05) is 11.6 Å². The molecule has 0 heterocycles. The SMILES string of the molecule is CN(CCCCCO)C(=O)c1ccc(Cl)cc1. The number of carbonyl (C=O) groups excluding carboxylic acids is 1. The molecule has 1 N–H and O–H groups in total. The van der Waals surface area contributed by atoms with Crippen molar-refractivity contribution in [2.75, 3.05) is 20.2 Å². The number of aliphatic hydroxyl groups is 1. The first-order chi connectivity index (χ1) is 8.15. The van der Waals surface area contributed by atoms with Crippen molar-refractivity contribution in [3.63, 3.8) is 0 Å². The second kappa shape index (κ2) is 7.30. The average Bonchev–Trinajstić information content (AvgIpc) is 2.34. The third-order valence-corrected chi connectivity index (χ3v) is 2.84. The van der Waals surface area contributed by atoms with Crippen LogP contribution in [0.4, 0.5) is 0 Å². The average molecular weight is 256 g/mol. The highest BCUT2D eigenvalue weighted by Gasteiger charge is 2.10. The number of aliphatic hydroxyl groups excluding tert-OH is 1. The van der Waals surface area contributed by atoms with Crippen molar-refractivity contribution < 1.29 is 9.90 Å². The van der Waals surface area contributed by atoms with Crippen molar-refractivity contribution in [2.45, 2.75) is 19.3 Å². The second-order valence-electron chi connectivity index (χ2n) is 4.02. The Bertz CT molecular complexity index is 351. The van der Waals surface area contributed by atoms with Crippen LogP contribution in [0.25, 0.3) is 0 Å². The summed E-state index contributed by atoms with van der Waals surface area (Å²) in [5.41, 5.74) is 0.652. The lowest BCUT2D eigenvalue weighted by Gasteiger charge is -2.17. The van der Waals surface area contributed by atoms with Crippen molar-refractivity contribution in [2.24, 2.45) is 0 Å². The number of amides is 1. The van der Waals surface area contributed by atoms with Crippen LogP contribution in [0.1, 0.15) is 29.6 Å². The molecule has 1 aromatic carbocycles. The van der Waals surface area contributed by atoms with Crippen molar-refractivity contribution in [1.29, 1.82) is 0 Å². The van der Waals surface area contributed by atoms with Gasteiger partial charge < -0.3 is 10.0 Å². The highest BCUT2D eigenvalue weighted by atomic mass is 35.5. The second-order valence-corrected chi connectivity index (χ2v) is 4.45. The highest BCUT2D eigenvalue weighted by molar-refractivity contribution is 6.30. The van der Waals surface area contributed by atoms with Crippen molar-refractivity contribution in [3.8, 4) is 0 Å². The van der Waals surface area contributed by atoms with E-state index in [1.807, 2.05) is 0 Å². The van der Waals surface area contributed by atoms with E-state index in [1.165, 1.54) is 0 Å². The summed E-state index contributed by atoms with van der Waals surface area (Å²) in [6, 6.07) is 6.90. The van der Waals surface area contributed by atoms with Crippen LogP contribution in [-0.2, 0) is 0 Å². The van der Waals surface area contributed by atoms with Crippen molar-refractivity contribution in [1.82, 2.24) is 4.90 Å². The van der Waals surface area contributed by atoms with Crippen LogP contribution in [0, 0.1) is 0 Å². The molecule has 0 spiro atoms. The first kappa shape index (κ1) is 14.0. The van der Waals surface area contributed by atoms with Gasteiger partial charge in [0.15, 0.2) is 0 Å². The monoisotopic (exact) mass is 255 g/mol. The maximum absolute atomic E-state index is 12.0. The van der Waals surface area contributed by atoms with Gasteiger partial charge in [0, 0.05) is 30.8 Å². The number of nitrogens with zero attached hydrogens (tertiary/aromatic N) is 1. The smallest absolute Gasteiger partial charge is 0.253 e. The summed E-state index contributed by atoms with van der Waals surface area (Å²) in [5, 5.41) is 9.28. The lowest BCUT2D eigenvalue weighted by Crippen LogP contribution is -2.27. The predicted octanol–water partition coefficient (Wildman–Crippen LogP) is 2.57.